The molecule has 2 heterocycles. The standard InChI is InChI=1S/C44H68O16/c1-39(2)15-16-44(38(54)56-8)22(17-39)21-9-10-25-40(3)13-12-27(41(4,20-46)24(40)11-14-42(25,5)43(21,6)18-26(44)47)58-37-34(31(51)30(50)33(59-37)35(53)55-7)60-36-32(52)29(49)28(48)23(19-45)57-36/h9,20,22-34,36-37,45,47-52H,10-19H2,1-8H3/t22-,23+,24+,25+,26+,27-,28-,29-,30-,31-,32+,33-,34+,36-,37+,40-,41-,42+,43+,44+/m0/s1. The lowest BCUT2D eigenvalue weighted by Crippen LogP contribution is -2.69. The molecule has 340 valence electrons. The highest BCUT2D eigenvalue weighted by Gasteiger charge is 2.72. The molecule has 0 aromatic heterocycles. The normalized spacial score (nSPS) is 52.3. The van der Waals surface area contributed by atoms with E-state index in [9.17, 15) is 50.1 Å². The number of aldehydes is 1. The van der Waals surface area contributed by atoms with Gasteiger partial charge in [0.15, 0.2) is 18.7 Å². The van der Waals surface area contributed by atoms with Crippen LogP contribution >= 0.6 is 0 Å². The summed E-state index contributed by atoms with van der Waals surface area (Å²) in [6.45, 7) is 12.4. The molecule has 0 aromatic carbocycles. The topological polar surface area (TPSA) is 248 Å². The molecule has 2 aliphatic heterocycles. The van der Waals surface area contributed by atoms with Crippen molar-refractivity contribution in [2.75, 3.05) is 20.8 Å². The SMILES string of the molecule is COC(=O)[C@H]1O[C@@H](O[C@H]2CC[C@]3(C)[C@H]4CC=C5[C@@H]6CC(C)(C)CC[C@]6(C(=O)OC)[C@H](O)C[C@@]5(C)[C@]4(C)CC[C@H]3[C@]2(C)C=O)[C@H](O[C@@H]2O[C@H](CO)[C@H](O)[C@H](O)[C@H]2O)[C@@H](O)[C@@H]1O. The lowest BCUT2D eigenvalue weighted by Gasteiger charge is -2.71. The third-order valence-corrected chi connectivity index (χ3v) is 17.6. The Balaban J connectivity index is 1.20. The Hall–Kier alpha value is -2.09. The molecule has 0 unspecified atom stereocenters. The second-order valence-electron chi connectivity index (χ2n) is 20.8. The van der Waals surface area contributed by atoms with Crippen LogP contribution in [0.3, 0.4) is 0 Å². The van der Waals surface area contributed by atoms with Crippen LogP contribution in [-0.2, 0) is 42.8 Å². The van der Waals surface area contributed by atoms with E-state index in [-0.39, 0.29) is 34.6 Å². The fourth-order valence-corrected chi connectivity index (χ4v) is 13.9. The van der Waals surface area contributed by atoms with Crippen molar-refractivity contribution < 1.29 is 78.6 Å². The number of aliphatic hydroxyl groups is 7. The summed E-state index contributed by atoms with van der Waals surface area (Å²) >= 11 is 0. The predicted octanol–water partition coefficient (Wildman–Crippen LogP) is 1.30. The van der Waals surface area contributed by atoms with E-state index in [4.69, 9.17) is 28.4 Å². The lowest BCUT2D eigenvalue weighted by molar-refractivity contribution is -0.373. The minimum atomic E-state index is -1.89. The zero-order chi connectivity index (χ0) is 44.1. The number of rotatable bonds is 8. The van der Waals surface area contributed by atoms with E-state index in [1.807, 2.05) is 6.92 Å². The van der Waals surface area contributed by atoms with Crippen molar-refractivity contribution in [3.8, 4) is 0 Å². The molecule has 2 saturated heterocycles. The molecule has 7 N–H and O–H groups in total. The largest absolute Gasteiger partial charge is 0.468 e. The molecule has 4 saturated carbocycles. The monoisotopic (exact) mass is 852 g/mol. The summed E-state index contributed by atoms with van der Waals surface area (Å²) in [7, 11) is 2.49. The van der Waals surface area contributed by atoms with Gasteiger partial charge in [0.25, 0.3) is 0 Å². The van der Waals surface area contributed by atoms with Gasteiger partial charge in [-0.1, -0.05) is 53.2 Å². The summed E-state index contributed by atoms with van der Waals surface area (Å²) in [6.07, 6.45) is -10.2. The lowest BCUT2D eigenvalue weighted by atomic mass is 9.33. The van der Waals surface area contributed by atoms with Crippen molar-refractivity contribution in [2.24, 2.45) is 50.2 Å². The van der Waals surface area contributed by atoms with E-state index in [1.165, 1.54) is 12.7 Å². The minimum absolute atomic E-state index is 0.0293. The Kier molecular flexibility index (Phi) is 12.1. The van der Waals surface area contributed by atoms with E-state index in [1.54, 1.807) is 0 Å². The van der Waals surface area contributed by atoms with Gasteiger partial charge >= 0.3 is 11.9 Å². The molecular weight excluding hydrogens is 784 g/mol. The van der Waals surface area contributed by atoms with Crippen molar-refractivity contribution in [1.82, 2.24) is 0 Å². The van der Waals surface area contributed by atoms with Gasteiger partial charge in [0.1, 0.15) is 54.4 Å². The van der Waals surface area contributed by atoms with Gasteiger partial charge in [0.2, 0.25) is 0 Å². The maximum atomic E-state index is 13.7. The highest BCUT2D eigenvalue weighted by Crippen LogP contribution is 2.76. The van der Waals surface area contributed by atoms with Crippen molar-refractivity contribution in [3.05, 3.63) is 11.6 Å². The molecule has 5 aliphatic carbocycles. The van der Waals surface area contributed by atoms with Crippen LogP contribution < -0.4 is 0 Å². The van der Waals surface area contributed by atoms with Gasteiger partial charge in [-0.3, -0.25) is 4.79 Å². The van der Waals surface area contributed by atoms with E-state index >= 15 is 0 Å². The van der Waals surface area contributed by atoms with E-state index in [0.717, 1.165) is 39.1 Å². The summed E-state index contributed by atoms with van der Waals surface area (Å²) in [4.78, 5) is 40.2. The molecule has 60 heavy (non-hydrogen) atoms. The Labute approximate surface area is 351 Å². The van der Waals surface area contributed by atoms with E-state index in [0.29, 0.717) is 32.1 Å². The summed E-state index contributed by atoms with van der Waals surface area (Å²) in [5, 5.41) is 76.0. The maximum Gasteiger partial charge on any atom is 0.337 e. The van der Waals surface area contributed by atoms with Crippen molar-refractivity contribution in [1.29, 1.82) is 0 Å². The first-order chi connectivity index (χ1) is 28.0. The molecule has 7 rings (SSSR count). The average Bonchev–Trinajstić information content (AvgIpc) is 3.20. The van der Waals surface area contributed by atoms with Crippen molar-refractivity contribution in [3.63, 3.8) is 0 Å². The van der Waals surface area contributed by atoms with Crippen LogP contribution in [0.25, 0.3) is 0 Å². The Morgan fingerprint density at radius 1 is 0.783 bits per heavy atom. The number of hydrogen-bond acceptors (Lipinski definition) is 16. The van der Waals surface area contributed by atoms with Gasteiger partial charge in [0.05, 0.1) is 38.4 Å². The van der Waals surface area contributed by atoms with Crippen LogP contribution in [0.15, 0.2) is 11.6 Å². The number of aliphatic hydroxyl groups excluding tert-OH is 7. The highest BCUT2D eigenvalue weighted by atomic mass is 16.8. The first kappa shape index (κ1) is 45.9. The van der Waals surface area contributed by atoms with E-state index in [2.05, 4.69) is 40.7 Å². The van der Waals surface area contributed by atoms with Gasteiger partial charge in [-0.15, -0.1) is 0 Å². The van der Waals surface area contributed by atoms with Crippen LogP contribution in [0, 0.1) is 50.2 Å². The molecule has 16 nitrogen and oxygen atoms in total. The molecule has 0 bridgehead atoms. The zero-order valence-corrected chi connectivity index (χ0v) is 36.2. The third-order valence-electron chi connectivity index (χ3n) is 17.6. The Morgan fingerprint density at radius 3 is 2.12 bits per heavy atom. The molecule has 20 atom stereocenters. The van der Waals surface area contributed by atoms with E-state index < -0.39 is 108 Å². The van der Waals surface area contributed by atoms with Crippen LogP contribution in [0.2, 0.25) is 0 Å². The van der Waals surface area contributed by atoms with Crippen LogP contribution in [0.1, 0.15) is 99.3 Å². The quantitative estimate of drug-likeness (QED) is 0.0787. The minimum Gasteiger partial charge on any atom is -0.468 e. The second-order valence-corrected chi connectivity index (χ2v) is 20.8. The highest BCUT2D eigenvalue weighted by molar-refractivity contribution is 5.79. The number of esters is 2. The zero-order valence-electron chi connectivity index (χ0n) is 36.2. The van der Waals surface area contributed by atoms with Crippen molar-refractivity contribution in [2.45, 2.75) is 173 Å². The van der Waals surface area contributed by atoms with Crippen molar-refractivity contribution >= 4 is 18.2 Å². The van der Waals surface area contributed by atoms with Gasteiger partial charge in [-0.25, -0.2) is 4.79 Å². The molecule has 0 radical (unpaired) electrons. The third kappa shape index (κ3) is 6.59. The number of hydrogen-bond donors (Lipinski definition) is 7. The fourth-order valence-electron chi connectivity index (χ4n) is 13.9. The molecule has 16 heteroatoms. The number of fused-ring (bicyclic) bond motifs is 7. The smallest absolute Gasteiger partial charge is 0.337 e. The molecule has 0 amide bonds. The summed E-state index contributed by atoms with van der Waals surface area (Å²) < 4.78 is 34.4. The Morgan fingerprint density at radius 2 is 1.48 bits per heavy atom. The maximum absolute atomic E-state index is 13.7. The first-order valence-corrected chi connectivity index (χ1v) is 21.7. The summed E-state index contributed by atoms with van der Waals surface area (Å²) in [5.74, 6) is -1.65. The number of ether oxygens (including phenoxy) is 6. The number of carbonyl (C=O) groups is 3. The van der Waals surface area contributed by atoms with Crippen LogP contribution in [0.5, 0.6) is 0 Å². The first-order valence-electron chi connectivity index (χ1n) is 21.7. The van der Waals surface area contributed by atoms with Crippen LogP contribution in [0.4, 0.5) is 0 Å². The number of allylic oxidation sites excluding steroid dienone is 2. The Bertz CT molecular complexity index is 1690. The molecular formula is C44H68O16. The second kappa shape index (κ2) is 15.9. The fraction of sp³-hybridized carbons (Fsp3) is 0.886. The summed E-state index contributed by atoms with van der Waals surface area (Å²) in [5.41, 5.74) is -2.10. The number of carbonyl (C=O) groups excluding carboxylic acids is 3. The average molecular weight is 853 g/mol. The van der Waals surface area contributed by atoms with Gasteiger partial charge < -0.3 is 69.0 Å². The molecule has 7 aliphatic rings. The number of methoxy groups -OCH3 is 2. The van der Waals surface area contributed by atoms with Crippen LogP contribution in [-0.4, -0.2) is 148 Å². The van der Waals surface area contributed by atoms with Gasteiger partial charge in [0, 0.05) is 0 Å². The molecule has 6 fully saturated rings. The molecule has 0 spiro atoms. The summed E-state index contributed by atoms with van der Waals surface area (Å²) in [6, 6.07) is 0. The molecule has 0 aromatic rings. The van der Waals surface area contributed by atoms with Gasteiger partial charge in [-0.05, 0) is 97.2 Å². The van der Waals surface area contributed by atoms with Gasteiger partial charge in [-0.2, -0.15) is 0 Å². The predicted molar refractivity (Wildman–Crippen MR) is 209 cm³/mol.